The number of hydrogen-bond acceptors (Lipinski definition) is 2. The van der Waals surface area contributed by atoms with Gasteiger partial charge in [0.05, 0.1) is 6.04 Å². The minimum absolute atomic E-state index is 0.435. The van der Waals surface area contributed by atoms with Crippen molar-refractivity contribution < 1.29 is 4.79 Å². The van der Waals surface area contributed by atoms with Crippen LogP contribution in [0.2, 0.25) is 0 Å². The summed E-state index contributed by atoms with van der Waals surface area (Å²) >= 11 is 0. The van der Waals surface area contributed by atoms with Gasteiger partial charge in [0, 0.05) is 0 Å². The third-order valence-electron chi connectivity index (χ3n) is 1.89. The number of nitrogens with two attached hydrogens (primary N) is 2. The van der Waals surface area contributed by atoms with Crippen molar-refractivity contribution in [3.8, 4) is 0 Å². The highest BCUT2D eigenvalue weighted by atomic mass is 16.1. The highest BCUT2D eigenvalue weighted by Crippen LogP contribution is 2.13. The number of rotatable bonds is 3. The molecule has 1 aliphatic carbocycles. The Morgan fingerprint density at radius 3 is 2.83 bits per heavy atom. The fraction of sp³-hybridized carbons (Fsp3) is 0.444. The van der Waals surface area contributed by atoms with E-state index in [2.05, 4.69) is 12.2 Å². The smallest absolute Gasteiger partial charge is 0.234 e. The molecule has 1 amide bonds. The average molecular weight is 166 g/mol. The second kappa shape index (κ2) is 4.07. The topological polar surface area (TPSA) is 69.1 Å². The lowest BCUT2D eigenvalue weighted by Crippen LogP contribution is -2.36. The number of primary amides is 1. The van der Waals surface area contributed by atoms with Crippen LogP contribution in [0.15, 0.2) is 23.8 Å². The quantitative estimate of drug-likeness (QED) is 0.639. The van der Waals surface area contributed by atoms with E-state index in [-0.39, 0.29) is 0 Å². The van der Waals surface area contributed by atoms with Crippen molar-refractivity contribution in [1.29, 1.82) is 0 Å². The average Bonchev–Trinajstić information content (AvgIpc) is 2.06. The number of carbonyl (C=O) groups is 1. The molecule has 3 nitrogen and oxygen atoms in total. The largest absolute Gasteiger partial charge is 0.368 e. The summed E-state index contributed by atoms with van der Waals surface area (Å²) in [6, 6.07) is -0.543. The zero-order valence-electron chi connectivity index (χ0n) is 6.99. The van der Waals surface area contributed by atoms with Crippen molar-refractivity contribution in [2.45, 2.75) is 25.3 Å². The molecular weight excluding hydrogens is 152 g/mol. The van der Waals surface area contributed by atoms with Gasteiger partial charge in [0.25, 0.3) is 0 Å². The molecule has 12 heavy (non-hydrogen) atoms. The molecule has 0 bridgehead atoms. The summed E-state index contributed by atoms with van der Waals surface area (Å²) in [6.07, 6.45) is 8.87. The lowest BCUT2D eigenvalue weighted by Gasteiger charge is -2.10. The Kier molecular flexibility index (Phi) is 3.05. The molecule has 1 atom stereocenters. The molecule has 66 valence electrons. The van der Waals surface area contributed by atoms with Crippen LogP contribution in [-0.4, -0.2) is 11.9 Å². The van der Waals surface area contributed by atoms with Gasteiger partial charge in [0.2, 0.25) is 5.91 Å². The van der Waals surface area contributed by atoms with Crippen LogP contribution in [0.4, 0.5) is 0 Å². The van der Waals surface area contributed by atoms with E-state index in [1.54, 1.807) is 0 Å². The van der Waals surface area contributed by atoms with Gasteiger partial charge in [0.1, 0.15) is 0 Å². The lowest BCUT2D eigenvalue weighted by molar-refractivity contribution is -0.119. The van der Waals surface area contributed by atoms with Crippen LogP contribution in [0.3, 0.4) is 0 Å². The first-order valence-electron chi connectivity index (χ1n) is 4.10. The highest BCUT2D eigenvalue weighted by molar-refractivity contribution is 5.80. The van der Waals surface area contributed by atoms with Crippen LogP contribution in [0.5, 0.6) is 0 Å². The number of carbonyl (C=O) groups excluding carboxylic acids is 1. The molecule has 1 aliphatic rings. The summed E-state index contributed by atoms with van der Waals surface area (Å²) < 4.78 is 0. The Bertz CT molecular complexity index is 231. The van der Waals surface area contributed by atoms with Gasteiger partial charge in [-0.3, -0.25) is 4.79 Å². The van der Waals surface area contributed by atoms with Crippen LogP contribution >= 0.6 is 0 Å². The van der Waals surface area contributed by atoms with Crippen molar-refractivity contribution >= 4 is 5.91 Å². The van der Waals surface area contributed by atoms with Gasteiger partial charge in [-0.1, -0.05) is 23.8 Å². The van der Waals surface area contributed by atoms with E-state index < -0.39 is 11.9 Å². The predicted octanol–water partition coefficient (Wildman–Crippen LogP) is 0.465. The molecular formula is C9H14N2O. The van der Waals surface area contributed by atoms with E-state index in [1.165, 1.54) is 0 Å². The normalized spacial score (nSPS) is 18.6. The molecule has 4 N–H and O–H groups in total. The molecule has 0 unspecified atom stereocenters. The van der Waals surface area contributed by atoms with Crippen molar-refractivity contribution in [3.63, 3.8) is 0 Å². The molecule has 0 heterocycles. The van der Waals surface area contributed by atoms with Crippen molar-refractivity contribution in [2.24, 2.45) is 11.5 Å². The van der Waals surface area contributed by atoms with Gasteiger partial charge in [-0.25, -0.2) is 0 Å². The molecule has 0 fully saturated rings. The number of hydrogen-bond donors (Lipinski definition) is 2. The van der Waals surface area contributed by atoms with Gasteiger partial charge in [-0.15, -0.1) is 0 Å². The fourth-order valence-electron chi connectivity index (χ4n) is 1.17. The molecule has 0 radical (unpaired) electrons. The molecule has 0 aliphatic heterocycles. The van der Waals surface area contributed by atoms with Gasteiger partial charge >= 0.3 is 0 Å². The summed E-state index contributed by atoms with van der Waals surface area (Å²) in [5, 5.41) is 0. The molecule has 0 saturated carbocycles. The third-order valence-corrected chi connectivity index (χ3v) is 1.89. The van der Waals surface area contributed by atoms with Gasteiger partial charge in [-0.2, -0.15) is 0 Å². The number of amides is 1. The summed E-state index contributed by atoms with van der Waals surface area (Å²) in [5.41, 5.74) is 11.7. The van der Waals surface area contributed by atoms with E-state index in [0.29, 0.717) is 6.42 Å². The number of allylic oxidation sites excluding steroid dienone is 3. The summed E-state index contributed by atoms with van der Waals surface area (Å²) in [5.74, 6) is -0.435. The van der Waals surface area contributed by atoms with Crippen molar-refractivity contribution in [2.75, 3.05) is 0 Å². The maximum Gasteiger partial charge on any atom is 0.234 e. The van der Waals surface area contributed by atoms with Gasteiger partial charge in [0.15, 0.2) is 0 Å². The van der Waals surface area contributed by atoms with Crippen molar-refractivity contribution in [3.05, 3.63) is 23.8 Å². The summed E-state index contributed by atoms with van der Waals surface area (Å²) in [6.45, 7) is 0. The standard InChI is InChI=1S/C9H14N2O/c10-8(9(11)12)6-7-4-2-1-3-5-7/h2,4-5,8H,1,3,6,10H2,(H2,11,12)/t8-/m1/s1. The Hall–Kier alpha value is -1.09. The van der Waals surface area contributed by atoms with E-state index >= 15 is 0 Å². The van der Waals surface area contributed by atoms with Gasteiger partial charge < -0.3 is 11.5 Å². The lowest BCUT2D eigenvalue weighted by atomic mass is 10.0. The van der Waals surface area contributed by atoms with Crippen LogP contribution < -0.4 is 11.5 Å². The molecule has 0 aromatic rings. The summed E-state index contributed by atoms with van der Waals surface area (Å²) in [4.78, 5) is 10.6. The van der Waals surface area contributed by atoms with E-state index in [4.69, 9.17) is 11.5 Å². The fourth-order valence-corrected chi connectivity index (χ4v) is 1.17. The summed E-state index contributed by atoms with van der Waals surface area (Å²) in [7, 11) is 0. The van der Waals surface area contributed by atoms with Crippen LogP contribution in [0.1, 0.15) is 19.3 Å². The first-order valence-corrected chi connectivity index (χ1v) is 4.10. The Morgan fingerprint density at radius 2 is 2.33 bits per heavy atom. The van der Waals surface area contributed by atoms with E-state index in [9.17, 15) is 4.79 Å². The Labute approximate surface area is 72.1 Å². The van der Waals surface area contributed by atoms with Crippen LogP contribution in [-0.2, 0) is 4.79 Å². The monoisotopic (exact) mass is 166 g/mol. The first-order chi connectivity index (χ1) is 5.70. The second-order valence-corrected chi connectivity index (χ2v) is 2.97. The van der Waals surface area contributed by atoms with Gasteiger partial charge in [-0.05, 0) is 19.3 Å². The zero-order chi connectivity index (χ0) is 8.97. The molecule has 1 rings (SSSR count). The minimum atomic E-state index is -0.543. The Balaban J connectivity index is 2.45. The second-order valence-electron chi connectivity index (χ2n) is 2.97. The highest BCUT2D eigenvalue weighted by Gasteiger charge is 2.10. The maximum atomic E-state index is 10.6. The molecule has 0 aromatic heterocycles. The minimum Gasteiger partial charge on any atom is -0.368 e. The predicted molar refractivity (Wildman–Crippen MR) is 48.2 cm³/mol. The molecule has 0 aromatic carbocycles. The van der Waals surface area contributed by atoms with E-state index in [1.807, 2.05) is 6.08 Å². The SMILES string of the molecule is NC(=O)[C@H](N)CC1=CCCC=C1. The Morgan fingerprint density at radius 1 is 1.58 bits per heavy atom. The molecule has 0 spiro atoms. The first kappa shape index (κ1) is 9.00. The molecule has 0 saturated heterocycles. The third kappa shape index (κ3) is 2.51. The van der Waals surface area contributed by atoms with E-state index in [0.717, 1.165) is 18.4 Å². The van der Waals surface area contributed by atoms with Crippen LogP contribution in [0.25, 0.3) is 0 Å². The van der Waals surface area contributed by atoms with Crippen LogP contribution in [0, 0.1) is 0 Å². The molecule has 3 heteroatoms. The zero-order valence-corrected chi connectivity index (χ0v) is 6.99. The maximum absolute atomic E-state index is 10.6. The van der Waals surface area contributed by atoms with Crippen molar-refractivity contribution in [1.82, 2.24) is 0 Å².